The Kier molecular flexibility index (Phi) is 6.41. The molecule has 1 aliphatic rings. The molecule has 0 aromatic heterocycles. The lowest BCUT2D eigenvalue weighted by Gasteiger charge is -2.30. The summed E-state index contributed by atoms with van der Waals surface area (Å²) in [6.07, 6.45) is 0.895. The van der Waals surface area contributed by atoms with Crippen LogP contribution in [0.5, 0.6) is 0 Å². The predicted molar refractivity (Wildman–Crippen MR) is 113 cm³/mol. The van der Waals surface area contributed by atoms with Crippen LogP contribution in [0.3, 0.4) is 0 Å². The summed E-state index contributed by atoms with van der Waals surface area (Å²) < 4.78 is 27.1. The number of nitrogens with zero attached hydrogens (tertiary/aromatic N) is 1. The minimum atomic E-state index is -3.65. The number of piperidine rings is 1. The van der Waals surface area contributed by atoms with Crippen LogP contribution in [0, 0.1) is 12.8 Å². The maximum atomic E-state index is 12.8. The van der Waals surface area contributed by atoms with Gasteiger partial charge in [-0.2, -0.15) is 4.31 Å². The summed E-state index contributed by atoms with van der Waals surface area (Å²) >= 11 is 5.94. The third-order valence-electron chi connectivity index (χ3n) is 5.17. The summed E-state index contributed by atoms with van der Waals surface area (Å²) in [5.41, 5.74) is 2.05. The number of hydrogen-bond acceptors (Lipinski definition) is 4. The first kappa shape index (κ1) is 21.5. The highest BCUT2D eigenvalue weighted by Crippen LogP contribution is 2.26. The van der Waals surface area contributed by atoms with Crippen LogP contribution in [-0.2, 0) is 14.8 Å². The van der Waals surface area contributed by atoms with E-state index in [2.05, 4.69) is 5.32 Å². The first-order chi connectivity index (χ1) is 13.7. The number of nitrogens with one attached hydrogen (secondary N) is 1. The van der Waals surface area contributed by atoms with E-state index in [0.29, 0.717) is 29.1 Å². The molecular formula is C21H23ClN2O4S. The second kappa shape index (κ2) is 8.65. The maximum absolute atomic E-state index is 12.8. The van der Waals surface area contributed by atoms with Crippen LogP contribution in [0.15, 0.2) is 47.4 Å². The van der Waals surface area contributed by atoms with Crippen molar-refractivity contribution >= 4 is 39.0 Å². The van der Waals surface area contributed by atoms with Gasteiger partial charge in [-0.25, -0.2) is 8.42 Å². The molecule has 29 heavy (non-hydrogen) atoms. The van der Waals surface area contributed by atoms with Crippen LogP contribution in [0.25, 0.3) is 0 Å². The molecule has 1 aliphatic heterocycles. The van der Waals surface area contributed by atoms with E-state index in [4.69, 9.17) is 11.6 Å². The zero-order valence-electron chi connectivity index (χ0n) is 16.3. The lowest BCUT2D eigenvalue weighted by atomic mass is 9.97. The molecule has 1 saturated heterocycles. The number of carbonyl (C=O) groups is 2. The van der Waals surface area contributed by atoms with Crippen LogP contribution in [-0.4, -0.2) is 37.5 Å². The lowest BCUT2D eigenvalue weighted by molar-refractivity contribution is -0.120. The fourth-order valence-corrected chi connectivity index (χ4v) is 5.07. The van der Waals surface area contributed by atoms with Crippen molar-refractivity contribution < 1.29 is 18.0 Å². The van der Waals surface area contributed by atoms with Crippen molar-refractivity contribution in [2.45, 2.75) is 31.6 Å². The SMILES string of the molecule is CC(=O)c1ccc(S(=O)(=O)N2CCC(C(=O)Nc3ccc(Cl)cc3C)CC2)cc1. The summed E-state index contributed by atoms with van der Waals surface area (Å²) in [4.78, 5) is 24.1. The number of rotatable bonds is 5. The van der Waals surface area contributed by atoms with Gasteiger partial charge in [0, 0.05) is 35.3 Å². The quantitative estimate of drug-likeness (QED) is 0.723. The summed E-state index contributed by atoms with van der Waals surface area (Å²) in [5, 5.41) is 3.52. The number of amides is 1. The first-order valence-electron chi connectivity index (χ1n) is 9.36. The van der Waals surface area contributed by atoms with E-state index >= 15 is 0 Å². The second-order valence-electron chi connectivity index (χ2n) is 7.21. The number of halogens is 1. The molecule has 154 valence electrons. The monoisotopic (exact) mass is 434 g/mol. The number of carbonyl (C=O) groups excluding carboxylic acids is 2. The van der Waals surface area contributed by atoms with Gasteiger partial charge in [0.25, 0.3) is 0 Å². The number of aryl methyl sites for hydroxylation is 1. The molecule has 1 fully saturated rings. The predicted octanol–water partition coefficient (Wildman–Crippen LogP) is 3.89. The van der Waals surface area contributed by atoms with Crippen molar-refractivity contribution in [3.8, 4) is 0 Å². The molecular weight excluding hydrogens is 412 g/mol. The van der Waals surface area contributed by atoms with Gasteiger partial charge in [0.05, 0.1) is 4.90 Å². The fraction of sp³-hybridized carbons (Fsp3) is 0.333. The molecule has 0 aliphatic carbocycles. The topological polar surface area (TPSA) is 83.6 Å². The zero-order valence-corrected chi connectivity index (χ0v) is 17.9. The molecule has 1 amide bonds. The van der Waals surface area contributed by atoms with Gasteiger partial charge in [0.2, 0.25) is 15.9 Å². The molecule has 0 radical (unpaired) electrons. The van der Waals surface area contributed by atoms with Gasteiger partial charge >= 0.3 is 0 Å². The molecule has 0 bridgehead atoms. The Morgan fingerprint density at radius 3 is 2.24 bits per heavy atom. The second-order valence-corrected chi connectivity index (χ2v) is 9.58. The highest BCUT2D eigenvalue weighted by atomic mass is 35.5. The minimum Gasteiger partial charge on any atom is -0.326 e. The van der Waals surface area contributed by atoms with Crippen molar-refractivity contribution in [2.75, 3.05) is 18.4 Å². The fourth-order valence-electron chi connectivity index (χ4n) is 3.37. The van der Waals surface area contributed by atoms with E-state index in [9.17, 15) is 18.0 Å². The van der Waals surface area contributed by atoms with Gasteiger partial charge in [0.1, 0.15) is 0 Å². The van der Waals surface area contributed by atoms with Gasteiger partial charge in [-0.3, -0.25) is 9.59 Å². The third-order valence-corrected chi connectivity index (χ3v) is 7.32. The van der Waals surface area contributed by atoms with E-state index < -0.39 is 10.0 Å². The third kappa shape index (κ3) is 4.86. The summed E-state index contributed by atoms with van der Waals surface area (Å²) in [6.45, 7) is 3.85. The first-order valence-corrected chi connectivity index (χ1v) is 11.2. The van der Waals surface area contributed by atoms with Crippen LogP contribution in [0.1, 0.15) is 35.7 Å². The summed E-state index contributed by atoms with van der Waals surface area (Å²) in [5.74, 6) is -0.480. The van der Waals surface area contributed by atoms with Gasteiger partial charge < -0.3 is 5.32 Å². The molecule has 0 saturated carbocycles. The van der Waals surface area contributed by atoms with E-state index in [1.54, 1.807) is 18.2 Å². The van der Waals surface area contributed by atoms with Crippen LogP contribution in [0.4, 0.5) is 5.69 Å². The van der Waals surface area contributed by atoms with Crippen LogP contribution < -0.4 is 5.32 Å². The van der Waals surface area contributed by atoms with Gasteiger partial charge in [-0.05, 0) is 62.6 Å². The summed E-state index contributed by atoms with van der Waals surface area (Å²) in [7, 11) is -3.65. The largest absolute Gasteiger partial charge is 0.326 e. The van der Waals surface area contributed by atoms with Crippen molar-refractivity contribution in [1.82, 2.24) is 4.31 Å². The van der Waals surface area contributed by atoms with Crippen LogP contribution >= 0.6 is 11.6 Å². The Morgan fingerprint density at radius 2 is 1.69 bits per heavy atom. The molecule has 1 N–H and O–H groups in total. The van der Waals surface area contributed by atoms with E-state index in [-0.39, 0.29) is 35.6 Å². The van der Waals surface area contributed by atoms with Crippen molar-refractivity contribution in [1.29, 1.82) is 0 Å². The normalized spacial score (nSPS) is 15.8. The average molecular weight is 435 g/mol. The van der Waals surface area contributed by atoms with E-state index in [1.807, 2.05) is 6.92 Å². The standard InChI is InChI=1S/C21H23ClN2O4S/c1-14-13-18(22)5-8-20(14)23-21(26)17-9-11-24(12-10-17)29(27,28)19-6-3-16(4-7-19)15(2)25/h3-8,13,17H,9-12H2,1-2H3,(H,23,26). The molecule has 0 unspecified atom stereocenters. The smallest absolute Gasteiger partial charge is 0.243 e. The molecule has 1 heterocycles. The number of anilines is 1. The Morgan fingerprint density at radius 1 is 1.07 bits per heavy atom. The molecule has 6 nitrogen and oxygen atoms in total. The van der Waals surface area contributed by atoms with Gasteiger partial charge in [-0.15, -0.1) is 0 Å². The Balaban J connectivity index is 1.63. The van der Waals surface area contributed by atoms with E-state index in [1.165, 1.54) is 35.5 Å². The van der Waals surface area contributed by atoms with Gasteiger partial charge in [0.15, 0.2) is 5.78 Å². The number of sulfonamides is 1. The number of hydrogen-bond donors (Lipinski definition) is 1. The average Bonchev–Trinajstić information content (AvgIpc) is 2.70. The molecule has 0 spiro atoms. The molecule has 2 aromatic rings. The molecule has 0 atom stereocenters. The Hall–Kier alpha value is -2.22. The Labute approximate surface area is 175 Å². The van der Waals surface area contributed by atoms with Crippen molar-refractivity contribution in [3.63, 3.8) is 0 Å². The minimum absolute atomic E-state index is 0.113. The highest BCUT2D eigenvalue weighted by Gasteiger charge is 2.32. The van der Waals surface area contributed by atoms with Crippen LogP contribution in [0.2, 0.25) is 5.02 Å². The number of benzene rings is 2. The number of ketones is 1. The lowest BCUT2D eigenvalue weighted by Crippen LogP contribution is -2.41. The molecule has 2 aromatic carbocycles. The van der Waals surface area contributed by atoms with Gasteiger partial charge in [-0.1, -0.05) is 23.7 Å². The zero-order chi connectivity index (χ0) is 21.2. The highest BCUT2D eigenvalue weighted by molar-refractivity contribution is 7.89. The van der Waals surface area contributed by atoms with Crippen molar-refractivity contribution in [2.24, 2.45) is 5.92 Å². The van der Waals surface area contributed by atoms with Crippen molar-refractivity contribution in [3.05, 3.63) is 58.6 Å². The molecule has 8 heteroatoms. The molecule has 3 rings (SSSR count). The Bertz CT molecular complexity index is 1030. The maximum Gasteiger partial charge on any atom is 0.243 e. The number of Topliss-reactive ketones (excluding diaryl/α,β-unsaturated/α-hetero) is 1. The summed E-state index contributed by atoms with van der Waals surface area (Å²) in [6, 6.07) is 11.2. The van der Waals surface area contributed by atoms with E-state index in [0.717, 1.165) is 5.56 Å².